The Balaban J connectivity index is 1.75. The number of fused-ring (bicyclic) bond motifs is 2. The van der Waals surface area contributed by atoms with Crippen molar-refractivity contribution < 1.29 is 19.0 Å². The van der Waals surface area contributed by atoms with Crippen LogP contribution in [-0.4, -0.2) is 36.8 Å². The average Bonchev–Trinajstić information content (AvgIpc) is 3.57. The number of methoxy groups -OCH3 is 3. The first-order valence-electron chi connectivity index (χ1n) is 12.6. The molecule has 0 spiro atoms. The molecule has 3 heterocycles. The third-order valence-electron chi connectivity index (χ3n) is 6.95. The first-order valence-corrected chi connectivity index (χ1v) is 14.3. The molecular formula is C31H25N3O5S2. The van der Waals surface area contributed by atoms with Crippen molar-refractivity contribution in [2.75, 3.05) is 21.3 Å². The molecule has 1 aliphatic rings. The Morgan fingerprint density at radius 1 is 0.927 bits per heavy atom. The fourth-order valence-electron chi connectivity index (χ4n) is 5.10. The number of allylic oxidation sites excluding steroid dienone is 1. The summed E-state index contributed by atoms with van der Waals surface area (Å²) in [5.41, 5.74) is 9.58. The smallest absolute Gasteiger partial charge is 0.337 e. The zero-order valence-electron chi connectivity index (χ0n) is 22.4. The van der Waals surface area contributed by atoms with E-state index >= 15 is 0 Å². The van der Waals surface area contributed by atoms with E-state index in [1.807, 2.05) is 72.8 Å². The molecule has 206 valence electrons. The molecule has 1 atom stereocenters. The number of carbonyl (C=O) groups excluding carboxylic acids is 1. The largest absolute Gasteiger partial charge is 0.496 e. The van der Waals surface area contributed by atoms with Crippen LogP contribution >= 0.6 is 22.7 Å². The summed E-state index contributed by atoms with van der Waals surface area (Å²) in [5, 5.41) is 0.597. The summed E-state index contributed by atoms with van der Waals surface area (Å²) in [7, 11) is 4.47. The molecule has 1 aliphatic heterocycles. The monoisotopic (exact) mass is 583 g/mol. The fraction of sp³-hybridized carbons (Fsp3) is 0.129. The van der Waals surface area contributed by atoms with Crippen molar-refractivity contribution >= 4 is 61.9 Å². The van der Waals surface area contributed by atoms with E-state index in [4.69, 9.17) is 24.9 Å². The molecule has 0 saturated heterocycles. The van der Waals surface area contributed by atoms with Crippen LogP contribution in [0.1, 0.15) is 22.1 Å². The Morgan fingerprint density at radius 2 is 1.61 bits per heavy atom. The Labute approximate surface area is 242 Å². The lowest BCUT2D eigenvalue weighted by Crippen LogP contribution is -2.40. The van der Waals surface area contributed by atoms with Crippen LogP contribution < -0.4 is 30.0 Å². The second-order valence-corrected chi connectivity index (χ2v) is 11.2. The number of rotatable bonds is 6. The molecule has 2 aromatic heterocycles. The molecule has 0 aliphatic carbocycles. The molecule has 2 N–H and O–H groups in total. The number of para-hydroxylation sites is 3. The van der Waals surface area contributed by atoms with E-state index in [9.17, 15) is 9.59 Å². The summed E-state index contributed by atoms with van der Waals surface area (Å²) in [5.74, 6) is 0.0928. The van der Waals surface area contributed by atoms with Gasteiger partial charge in [-0.25, -0.2) is 9.78 Å². The highest BCUT2D eigenvalue weighted by atomic mass is 32.1. The minimum atomic E-state index is -0.712. The number of hydrogen-bond acceptors (Lipinski definition) is 9. The van der Waals surface area contributed by atoms with Crippen molar-refractivity contribution in [3.63, 3.8) is 0 Å². The molecular weight excluding hydrogens is 558 g/mol. The third-order valence-corrected chi connectivity index (χ3v) is 9.13. The van der Waals surface area contributed by atoms with E-state index in [0.717, 1.165) is 15.8 Å². The van der Waals surface area contributed by atoms with Crippen molar-refractivity contribution in [1.82, 2.24) is 9.55 Å². The van der Waals surface area contributed by atoms with Gasteiger partial charge in [-0.15, -0.1) is 22.7 Å². The van der Waals surface area contributed by atoms with Crippen LogP contribution in [0.5, 0.6) is 11.5 Å². The number of benzene rings is 3. The highest BCUT2D eigenvalue weighted by molar-refractivity contribution is 7.19. The zero-order chi connectivity index (χ0) is 28.7. The van der Waals surface area contributed by atoms with Crippen LogP contribution in [0.25, 0.3) is 33.3 Å². The van der Waals surface area contributed by atoms with E-state index in [1.54, 1.807) is 20.3 Å². The van der Waals surface area contributed by atoms with E-state index in [1.165, 1.54) is 34.4 Å². The normalized spacial score (nSPS) is 15.2. The number of aromatic nitrogens is 2. The molecule has 0 bridgehead atoms. The van der Waals surface area contributed by atoms with E-state index < -0.39 is 11.9 Å². The minimum Gasteiger partial charge on any atom is -0.496 e. The molecule has 6 rings (SSSR count). The molecule has 41 heavy (non-hydrogen) atoms. The van der Waals surface area contributed by atoms with E-state index in [2.05, 4.69) is 0 Å². The number of thiazole rings is 2. The standard InChI is InChI=1S/C31H25N3O5S2/c1-37-20-13-7-4-10-17(20)16-23-29(35)34-27(32)25(28-33-19-12-6-9-15-22(19)40-28)24(18-11-5-8-14-21(18)38-2)26(30(34)41-23)31(36)39-3/h4-16,24H,32H2,1-3H3/t24-/m1/s1. The Morgan fingerprint density at radius 3 is 2.34 bits per heavy atom. The van der Waals surface area contributed by atoms with Crippen molar-refractivity contribution in [1.29, 1.82) is 0 Å². The lowest BCUT2D eigenvalue weighted by molar-refractivity contribution is -0.134. The highest BCUT2D eigenvalue weighted by Crippen LogP contribution is 2.46. The van der Waals surface area contributed by atoms with Gasteiger partial charge in [0.25, 0.3) is 5.56 Å². The summed E-state index contributed by atoms with van der Waals surface area (Å²) in [6.45, 7) is 0. The number of carbonyl (C=O) groups is 1. The number of hydrogen-bond donors (Lipinski definition) is 1. The van der Waals surface area contributed by atoms with Gasteiger partial charge in [0.05, 0.1) is 47.6 Å². The summed E-state index contributed by atoms with van der Waals surface area (Å²) >= 11 is 2.62. The molecule has 3 aromatic carbocycles. The van der Waals surface area contributed by atoms with E-state index in [-0.39, 0.29) is 17.0 Å². The maximum atomic E-state index is 14.0. The van der Waals surface area contributed by atoms with Crippen LogP contribution in [-0.2, 0) is 9.53 Å². The quantitative estimate of drug-likeness (QED) is 0.304. The van der Waals surface area contributed by atoms with Crippen LogP contribution in [0, 0.1) is 0 Å². The van der Waals surface area contributed by atoms with Crippen LogP contribution in [0.4, 0.5) is 0 Å². The molecule has 0 fully saturated rings. The van der Waals surface area contributed by atoms with Crippen molar-refractivity contribution in [3.8, 4) is 11.5 Å². The van der Waals surface area contributed by atoms with Crippen LogP contribution in [0.2, 0.25) is 0 Å². The predicted octanol–water partition coefficient (Wildman–Crippen LogP) is 3.77. The van der Waals surface area contributed by atoms with Gasteiger partial charge in [-0.2, -0.15) is 0 Å². The number of nitrogens with two attached hydrogens (primary N) is 1. The molecule has 0 radical (unpaired) electrons. The second-order valence-electron chi connectivity index (χ2n) is 9.16. The van der Waals surface area contributed by atoms with Crippen LogP contribution in [0.3, 0.4) is 0 Å². The lowest BCUT2D eigenvalue weighted by atomic mass is 9.83. The van der Waals surface area contributed by atoms with Crippen LogP contribution in [0.15, 0.2) is 77.6 Å². The fourth-order valence-corrected chi connectivity index (χ4v) is 7.30. The molecule has 0 unspecified atom stereocenters. The predicted molar refractivity (Wildman–Crippen MR) is 162 cm³/mol. The molecule has 0 amide bonds. The second kappa shape index (κ2) is 10.7. The molecule has 0 saturated carbocycles. The van der Waals surface area contributed by atoms with Gasteiger partial charge in [-0.3, -0.25) is 9.36 Å². The van der Waals surface area contributed by atoms with Gasteiger partial charge < -0.3 is 19.9 Å². The third kappa shape index (κ3) is 4.41. The van der Waals surface area contributed by atoms with Gasteiger partial charge in [0.1, 0.15) is 27.0 Å². The summed E-state index contributed by atoms with van der Waals surface area (Å²) < 4.78 is 19.7. The van der Waals surface area contributed by atoms with Gasteiger partial charge in [-0.1, -0.05) is 48.5 Å². The van der Waals surface area contributed by atoms with Crippen molar-refractivity contribution in [2.24, 2.45) is 5.73 Å². The van der Waals surface area contributed by atoms with Crippen molar-refractivity contribution in [2.45, 2.75) is 5.92 Å². The molecule has 10 heteroatoms. The molecule has 5 aromatic rings. The first kappa shape index (κ1) is 26.5. The van der Waals surface area contributed by atoms with Crippen molar-refractivity contribution in [3.05, 3.63) is 108 Å². The Hall–Kier alpha value is -4.67. The minimum absolute atomic E-state index is 0.198. The number of esters is 1. The maximum Gasteiger partial charge on any atom is 0.337 e. The molecule has 8 nitrogen and oxygen atoms in total. The summed E-state index contributed by atoms with van der Waals surface area (Å²) in [4.78, 5) is 32.5. The van der Waals surface area contributed by atoms with Gasteiger partial charge in [-0.05, 0) is 30.3 Å². The van der Waals surface area contributed by atoms with Gasteiger partial charge >= 0.3 is 5.97 Å². The van der Waals surface area contributed by atoms with Gasteiger partial charge in [0.2, 0.25) is 0 Å². The topological polar surface area (TPSA) is 106 Å². The summed E-state index contributed by atoms with van der Waals surface area (Å²) in [6, 6.07) is 22.6. The highest BCUT2D eigenvalue weighted by Gasteiger charge is 2.39. The van der Waals surface area contributed by atoms with E-state index in [0.29, 0.717) is 36.8 Å². The average molecular weight is 584 g/mol. The first-order chi connectivity index (χ1) is 20.0. The lowest BCUT2D eigenvalue weighted by Gasteiger charge is -2.28. The zero-order valence-corrected chi connectivity index (χ0v) is 24.0. The number of nitrogens with zero attached hydrogens (tertiary/aromatic N) is 2. The summed E-state index contributed by atoms with van der Waals surface area (Å²) in [6.07, 6.45) is 1.74. The SMILES string of the molecule is COC(=O)C1=c2sc(=Cc3ccccc3OC)c(=O)n2C(N)=C(c2nc3ccccc3s2)[C@H]1c1ccccc1OC. The number of ether oxygens (including phenoxy) is 3. The Kier molecular flexibility index (Phi) is 6.94. The Bertz CT molecular complexity index is 2000. The maximum absolute atomic E-state index is 14.0. The van der Waals surface area contributed by atoms with Gasteiger partial charge in [0, 0.05) is 16.7 Å². The van der Waals surface area contributed by atoms with Gasteiger partial charge in [0.15, 0.2) is 0 Å².